The molecule has 0 saturated heterocycles. The summed E-state index contributed by atoms with van der Waals surface area (Å²) >= 11 is 13.6. The molecular weight excluding hydrogens is 382 g/mol. The Morgan fingerprint density at radius 1 is 1.04 bits per heavy atom. The van der Waals surface area contributed by atoms with Crippen molar-refractivity contribution in [2.75, 3.05) is 10.5 Å². The van der Waals surface area contributed by atoms with E-state index in [0.717, 1.165) is 0 Å². The predicted molar refractivity (Wildman–Crippen MR) is 103 cm³/mol. The van der Waals surface area contributed by atoms with E-state index in [1.807, 2.05) is 6.07 Å². The van der Waals surface area contributed by atoms with Crippen LogP contribution in [0.5, 0.6) is 0 Å². The van der Waals surface area contributed by atoms with Crippen LogP contribution in [0.3, 0.4) is 0 Å². The first-order chi connectivity index (χ1) is 12.0. The van der Waals surface area contributed by atoms with Crippen LogP contribution in [0.25, 0.3) is 11.3 Å². The van der Waals surface area contributed by atoms with Gasteiger partial charge in [-0.15, -0.1) is 0 Å². The number of rotatable bonds is 4. The van der Waals surface area contributed by atoms with E-state index in [-0.39, 0.29) is 16.3 Å². The number of nitrogen functional groups attached to an aromatic ring is 1. The van der Waals surface area contributed by atoms with Crippen LogP contribution < -0.4 is 10.5 Å². The lowest BCUT2D eigenvalue weighted by Crippen LogP contribution is -1.98. The lowest BCUT2D eigenvalue weighted by molar-refractivity contribution is 0.621. The maximum atomic E-state index is 14.5. The molecule has 0 unspecified atom stereocenters. The van der Waals surface area contributed by atoms with Gasteiger partial charge in [0.1, 0.15) is 22.5 Å². The number of aryl methyl sites for hydroxylation is 1. The van der Waals surface area contributed by atoms with E-state index in [9.17, 15) is 4.39 Å². The molecule has 0 spiro atoms. The molecule has 0 aliphatic heterocycles. The Labute approximate surface area is 158 Å². The number of benzene rings is 1. The number of hydrogen-bond donors (Lipinski definition) is 2. The number of hydrogen-bond acceptors (Lipinski definition) is 5. The van der Waals surface area contributed by atoms with E-state index >= 15 is 0 Å². The maximum absolute atomic E-state index is 14.5. The first-order valence-electron chi connectivity index (χ1n) is 7.22. The van der Waals surface area contributed by atoms with Gasteiger partial charge in [-0.25, -0.2) is 14.4 Å². The van der Waals surface area contributed by atoms with Gasteiger partial charge in [-0.3, -0.25) is 0 Å². The van der Waals surface area contributed by atoms with Crippen LogP contribution in [0.1, 0.15) is 5.56 Å². The van der Waals surface area contributed by atoms with Gasteiger partial charge in [-0.1, -0.05) is 35.3 Å². The molecular formula is C17H13Cl2FN4S. The van der Waals surface area contributed by atoms with Gasteiger partial charge in [0.2, 0.25) is 0 Å². The second kappa shape index (κ2) is 7.47. The third-order valence-corrected chi connectivity index (χ3v) is 4.74. The molecule has 2 aromatic heterocycles. The number of anilines is 2. The minimum Gasteiger partial charge on any atom is -0.384 e. The van der Waals surface area contributed by atoms with E-state index in [1.54, 1.807) is 43.3 Å². The zero-order chi connectivity index (χ0) is 18.0. The largest absolute Gasteiger partial charge is 0.384 e. The van der Waals surface area contributed by atoms with Crippen molar-refractivity contribution in [2.45, 2.75) is 11.9 Å². The van der Waals surface area contributed by atoms with Crippen molar-refractivity contribution >= 4 is 46.8 Å². The third-order valence-electron chi connectivity index (χ3n) is 3.37. The zero-order valence-corrected chi connectivity index (χ0v) is 15.4. The van der Waals surface area contributed by atoms with Crippen molar-refractivity contribution < 1.29 is 4.39 Å². The molecule has 3 rings (SSSR count). The molecule has 0 bridgehead atoms. The summed E-state index contributed by atoms with van der Waals surface area (Å²) in [7, 11) is 0. The van der Waals surface area contributed by atoms with Gasteiger partial charge in [0, 0.05) is 11.9 Å². The molecule has 0 atom stereocenters. The highest BCUT2D eigenvalue weighted by Gasteiger charge is 2.17. The van der Waals surface area contributed by atoms with Crippen molar-refractivity contribution in [3.63, 3.8) is 0 Å². The average Bonchev–Trinajstić information content (AvgIpc) is 2.59. The molecule has 4 nitrogen and oxygen atoms in total. The van der Waals surface area contributed by atoms with Crippen molar-refractivity contribution in [2.24, 2.45) is 0 Å². The number of aromatic nitrogens is 2. The molecule has 128 valence electrons. The highest BCUT2D eigenvalue weighted by atomic mass is 35.5. The maximum Gasteiger partial charge on any atom is 0.137 e. The number of halogens is 3. The van der Waals surface area contributed by atoms with Crippen LogP contribution in [0, 0.1) is 12.7 Å². The predicted octanol–water partition coefficient (Wildman–Crippen LogP) is 5.60. The molecule has 2 heterocycles. The van der Waals surface area contributed by atoms with Gasteiger partial charge < -0.3 is 10.5 Å². The van der Waals surface area contributed by atoms with Crippen molar-refractivity contribution in [1.82, 2.24) is 9.97 Å². The Bertz CT molecular complexity index is 937. The van der Waals surface area contributed by atoms with E-state index in [0.29, 0.717) is 27.2 Å². The highest BCUT2D eigenvalue weighted by Crippen LogP contribution is 2.36. The molecule has 0 amide bonds. The SMILES string of the molecule is Cc1ccc(Cl)c(-c2nc(NSc3cccc(N)n3)ccc2Cl)c1F. The highest BCUT2D eigenvalue weighted by molar-refractivity contribution is 8.00. The summed E-state index contributed by atoms with van der Waals surface area (Å²) in [5.41, 5.74) is 6.58. The number of nitrogens with zero attached hydrogens (tertiary/aromatic N) is 2. The van der Waals surface area contributed by atoms with Crippen molar-refractivity contribution in [1.29, 1.82) is 0 Å². The van der Waals surface area contributed by atoms with Crippen LogP contribution in [0.4, 0.5) is 16.0 Å². The van der Waals surface area contributed by atoms with Gasteiger partial charge in [-0.2, -0.15) is 0 Å². The Kier molecular flexibility index (Phi) is 5.32. The first kappa shape index (κ1) is 17.8. The molecule has 0 radical (unpaired) electrons. The smallest absolute Gasteiger partial charge is 0.137 e. The van der Waals surface area contributed by atoms with Crippen molar-refractivity contribution in [3.05, 3.63) is 63.9 Å². The summed E-state index contributed by atoms with van der Waals surface area (Å²) in [6.45, 7) is 1.66. The summed E-state index contributed by atoms with van der Waals surface area (Å²) in [4.78, 5) is 8.56. The lowest BCUT2D eigenvalue weighted by Gasteiger charge is -2.11. The van der Waals surface area contributed by atoms with Crippen LogP contribution in [-0.4, -0.2) is 9.97 Å². The molecule has 3 aromatic rings. The van der Waals surface area contributed by atoms with E-state index in [4.69, 9.17) is 28.9 Å². The van der Waals surface area contributed by atoms with E-state index < -0.39 is 5.82 Å². The van der Waals surface area contributed by atoms with Crippen LogP contribution in [-0.2, 0) is 0 Å². The average molecular weight is 395 g/mol. The summed E-state index contributed by atoms with van der Waals surface area (Å²) in [6.07, 6.45) is 0. The van der Waals surface area contributed by atoms with Crippen LogP contribution >= 0.6 is 35.1 Å². The molecule has 3 N–H and O–H groups in total. The normalized spacial score (nSPS) is 10.7. The standard InChI is InChI=1S/C17H13Cl2FN4S/c1-9-5-6-10(18)15(16(9)20)17-11(19)7-8-13(23-17)24-25-14-4-2-3-12(21)22-14/h2-8H,1H3,(H2,21,22)(H,23,24). The Hall–Kier alpha value is -2.02. The second-order valence-corrected chi connectivity index (χ2v) is 6.83. The fourth-order valence-corrected chi connectivity index (χ4v) is 3.20. The van der Waals surface area contributed by atoms with Crippen LogP contribution in [0.15, 0.2) is 47.5 Å². The monoisotopic (exact) mass is 394 g/mol. The topological polar surface area (TPSA) is 63.8 Å². The van der Waals surface area contributed by atoms with Gasteiger partial charge in [-0.05, 0) is 42.8 Å². The second-order valence-electron chi connectivity index (χ2n) is 5.19. The molecule has 0 saturated carbocycles. The van der Waals surface area contributed by atoms with E-state index in [1.165, 1.54) is 11.9 Å². The van der Waals surface area contributed by atoms with E-state index in [2.05, 4.69) is 14.7 Å². The minimum absolute atomic E-state index is 0.183. The zero-order valence-electron chi connectivity index (χ0n) is 13.1. The Balaban J connectivity index is 1.93. The van der Waals surface area contributed by atoms with Crippen molar-refractivity contribution in [3.8, 4) is 11.3 Å². The van der Waals surface area contributed by atoms with Gasteiger partial charge in [0.05, 0.1) is 21.3 Å². The Morgan fingerprint density at radius 3 is 2.56 bits per heavy atom. The molecule has 0 aliphatic rings. The number of pyridine rings is 2. The molecule has 8 heteroatoms. The summed E-state index contributed by atoms with van der Waals surface area (Å²) in [5.74, 6) is 0.472. The Morgan fingerprint density at radius 2 is 1.80 bits per heavy atom. The number of nitrogens with two attached hydrogens (primary N) is 1. The quantitative estimate of drug-likeness (QED) is 0.563. The first-order valence-corrected chi connectivity index (χ1v) is 8.80. The molecule has 0 fully saturated rings. The van der Waals surface area contributed by atoms with Gasteiger partial charge in [0.25, 0.3) is 0 Å². The van der Waals surface area contributed by atoms with Gasteiger partial charge in [0.15, 0.2) is 0 Å². The third kappa shape index (κ3) is 3.98. The fourth-order valence-electron chi connectivity index (χ4n) is 2.14. The number of nitrogens with one attached hydrogen (secondary N) is 1. The fraction of sp³-hybridized carbons (Fsp3) is 0.0588. The summed E-state index contributed by atoms with van der Waals surface area (Å²) in [5, 5.41) is 1.24. The summed E-state index contributed by atoms with van der Waals surface area (Å²) < 4.78 is 17.6. The van der Waals surface area contributed by atoms with Gasteiger partial charge >= 0.3 is 0 Å². The summed E-state index contributed by atoms with van der Waals surface area (Å²) in [6, 6.07) is 11.9. The molecule has 25 heavy (non-hydrogen) atoms. The minimum atomic E-state index is -0.441. The molecule has 1 aromatic carbocycles. The molecule has 0 aliphatic carbocycles. The van der Waals surface area contributed by atoms with Crippen LogP contribution in [0.2, 0.25) is 10.0 Å². The lowest BCUT2D eigenvalue weighted by atomic mass is 10.1.